The van der Waals surface area contributed by atoms with Gasteiger partial charge in [0.05, 0.1) is 11.0 Å². The molecule has 0 N–H and O–H groups in total. The van der Waals surface area contributed by atoms with Crippen LogP contribution in [0.5, 0.6) is 0 Å². The van der Waals surface area contributed by atoms with Gasteiger partial charge in [0.15, 0.2) is 0 Å². The highest BCUT2D eigenvalue weighted by Crippen LogP contribution is 2.40. The number of rotatable bonds is 4. The topological polar surface area (TPSA) is 46.4 Å². The van der Waals surface area contributed by atoms with Gasteiger partial charge in [0.1, 0.15) is 5.02 Å². The number of benzene rings is 2. The summed E-state index contributed by atoms with van der Waals surface area (Å²) in [5.41, 5.74) is 3.62. The quantitative estimate of drug-likeness (QED) is 0.438. The predicted octanol–water partition coefficient (Wildman–Crippen LogP) is 6.64. The number of halogens is 1. The molecule has 0 radical (unpaired) electrons. The lowest BCUT2D eigenvalue weighted by Gasteiger charge is -2.28. The maximum Gasteiger partial charge on any atom is 0.288 e. The van der Waals surface area contributed by atoms with Gasteiger partial charge in [-0.1, -0.05) is 49.1 Å². The zero-order chi connectivity index (χ0) is 18.8. The van der Waals surface area contributed by atoms with Crippen LogP contribution < -0.4 is 4.90 Å². The van der Waals surface area contributed by atoms with E-state index >= 15 is 0 Å². The second-order valence-electron chi connectivity index (χ2n) is 7.75. The first-order valence-corrected chi connectivity index (χ1v) is 10.3. The molecule has 1 heterocycles. The van der Waals surface area contributed by atoms with Crippen LogP contribution in [0.4, 0.5) is 11.4 Å². The molecule has 0 aromatic heterocycles. The Labute approximate surface area is 165 Å². The van der Waals surface area contributed by atoms with Gasteiger partial charge in [0.25, 0.3) is 5.69 Å². The molecule has 1 unspecified atom stereocenters. The Bertz CT molecular complexity index is 816. The van der Waals surface area contributed by atoms with Crippen molar-refractivity contribution in [3.63, 3.8) is 0 Å². The van der Waals surface area contributed by atoms with Crippen molar-refractivity contribution < 1.29 is 4.92 Å². The van der Waals surface area contributed by atoms with Crippen molar-refractivity contribution in [3.05, 3.63) is 68.7 Å². The number of nitro groups is 1. The molecule has 27 heavy (non-hydrogen) atoms. The normalized spacial score (nSPS) is 20.8. The summed E-state index contributed by atoms with van der Waals surface area (Å²) in [4.78, 5) is 13.2. The second kappa shape index (κ2) is 7.89. The van der Waals surface area contributed by atoms with Crippen molar-refractivity contribution in [2.45, 2.75) is 56.9 Å². The highest BCUT2D eigenvalue weighted by atomic mass is 35.5. The van der Waals surface area contributed by atoms with E-state index < -0.39 is 4.92 Å². The summed E-state index contributed by atoms with van der Waals surface area (Å²) in [6.07, 6.45) is 8.76. The SMILES string of the molecule is O=[N+]([O-])c1cc(C2CCCN2c2ccc(C3CCCCC3)cc2)ccc1Cl. The van der Waals surface area contributed by atoms with Crippen LogP contribution in [0.3, 0.4) is 0 Å². The van der Waals surface area contributed by atoms with Gasteiger partial charge in [-0.3, -0.25) is 10.1 Å². The average molecular weight is 385 g/mol. The van der Waals surface area contributed by atoms with Gasteiger partial charge in [-0.2, -0.15) is 0 Å². The Morgan fingerprint density at radius 1 is 0.926 bits per heavy atom. The Kier molecular flexibility index (Phi) is 5.35. The first-order chi connectivity index (χ1) is 13.1. The van der Waals surface area contributed by atoms with Crippen LogP contribution in [0.15, 0.2) is 42.5 Å². The summed E-state index contributed by atoms with van der Waals surface area (Å²) < 4.78 is 0. The van der Waals surface area contributed by atoms with Gasteiger partial charge in [-0.25, -0.2) is 0 Å². The number of anilines is 1. The fraction of sp³-hybridized carbons (Fsp3) is 0.455. The smallest absolute Gasteiger partial charge is 0.288 e. The van der Waals surface area contributed by atoms with Crippen molar-refractivity contribution in [2.24, 2.45) is 0 Å². The Morgan fingerprint density at radius 3 is 2.33 bits per heavy atom. The lowest BCUT2D eigenvalue weighted by molar-refractivity contribution is -0.384. The van der Waals surface area contributed by atoms with Crippen LogP contribution in [0.2, 0.25) is 5.02 Å². The van der Waals surface area contributed by atoms with Crippen LogP contribution in [0.25, 0.3) is 0 Å². The monoisotopic (exact) mass is 384 g/mol. The van der Waals surface area contributed by atoms with Crippen molar-refractivity contribution >= 4 is 23.0 Å². The lowest BCUT2D eigenvalue weighted by atomic mass is 9.84. The molecule has 1 aliphatic heterocycles. The minimum Gasteiger partial charge on any atom is -0.364 e. The van der Waals surface area contributed by atoms with Crippen LogP contribution in [0.1, 0.15) is 68.0 Å². The maximum atomic E-state index is 11.2. The molecule has 1 saturated carbocycles. The predicted molar refractivity (Wildman–Crippen MR) is 110 cm³/mol. The third-order valence-electron chi connectivity index (χ3n) is 6.11. The van der Waals surface area contributed by atoms with E-state index in [1.807, 2.05) is 6.07 Å². The largest absolute Gasteiger partial charge is 0.364 e. The van der Waals surface area contributed by atoms with E-state index in [1.165, 1.54) is 43.4 Å². The maximum absolute atomic E-state index is 11.2. The molecule has 0 spiro atoms. The first-order valence-electron chi connectivity index (χ1n) is 9.94. The molecule has 4 nitrogen and oxygen atoms in total. The fourth-order valence-corrected chi connectivity index (χ4v) is 4.86. The Morgan fingerprint density at radius 2 is 1.63 bits per heavy atom. The van der Waals surface area contributed by atoms with E-state index in [9.17, 15) is 10.1 Å². The number of hydrogen-bond donors (Lipinski definition) is 0. The number of nitro benzene ring substituents is 1. The molecule has 1 aliphatic carbocycles. The molecular weight excluding hydrogens is 360 g/mol. The number of nitrogens with zero attached hydrogens (tertiary/aromatic N) is 2. The van der Waals surface area contributed by atoms with E-state index in [1.54, 1.807) is 12.1 Å². The average Bonchev–Trinajstić information content (AvgIpc) is 3.19. The molecule has 2 aromatic carbocycles. The summed E-state index contributed by atoms with van der Waals surface area (Å²) in [5, 5.41) is 11.4. The molecule has 1 atom stereocenters. The van der Waals surface area contributed by atoms with Crippen LogP contribution in [-0.4, -0.2) is 11.5 Å². The van der Waals surface area contributed by atoms with Crippen LogP contribution in [0, 0.1) is 10.1 Å². The molecule has 1 saturated heterocycles. The highest BCUT2D eigenvalue weighted by Gasteiger charge is 2.28. The molecule has 0 amide bonds. The van der Waals surface area contributed by atoms with Gasteiger partial charge in [-0.05, 0) is 60.9 Å². The van der Waals surface area contributed by atoms with Crippen LogP contribution in [-0.2, 0) is 0 Å². The lowest BCUT2D eigenvalue weighted by Crippen LogP contribution is -2.22. The summed E-state index contributed by atoms with van der Waals surface area (Å²) >= 11 is 5.99. The Hall–Kier alpha value is -2.07. The summed E-state index contributed by atoms with van der Waals surface area (Å²) in [6, 6.07) is 14.4. The van der Waals surface area contributed by atoms with Crippen molar-refractivity contribution in [3.8, 4) is 0 Å². The third-order valence-corrected chi connectivity index (χ3v) is 6.43. The number of hydrogen-bond acceptors (Lipinski definition) is 3. The Balaban J connectivity index is 1.56. The second-order valence-corrected chi connectivity index (χ2v) is 8.15. The third kappa shape index (κ3) is 3.81. The summed E-state index contributed by atoms with van der Waals surface area (Å²) in [5.74, 6) is 0.709. The van der Waals surface area contributed by atoms with E-state index in [0.29, 0.717) is 5.92 Å². The molecule has 2 aromatic rings. The summed E-state index contributed by atoms with van der Waals surface area (Å²) in [6.45, 7) is 0.976. The molecule has 5 heteroatoms. The van der Waals surface area contributed by atoms with E-state index in [4.69, 9.17) is 11.6 Å². The minimum atomic E-state index is -0.399. The van der Waals surface area contributed by atoms with Gasteiger partial charge in [-0.15, -0.1) is 0 Å². The molecule has 4 rings (SSSR count). The standard InChI is InChI=1S/C22H25ClN2O2/c23-20-13-10-18(15-22(20)25(26)27)21-7-4-14-24(21)19-11-8-17(9-12-19)16-5-2-1-3-6-16/h8-13,15-16,21H,1-7,14H2. The van der Waals surface area contributed by atoms with E-state index in [-0.39, 0.29) is 16.8 Å². The van der Waals surface area contributed by atoms with Crippen molar-refractivity contribution in [1.29, 1.82) is 0 Å². The molecule has 2 aliphatic rings. The molecule has 142 valence electrons. The van der Waals surface area contributed by atoms with Gasteiger partial charge < -0.3 is 4.90 Å². The molecule has 0 bridgehead atoms. The van der Waals surface area contributed by atoms with Crippen molar-refractivity contribution in [1.82, 2.24) is 0 Å². The van der Waals surface area contributed by atoms with E-state index in [0.717, 1.165) is 24.9 Å². The molecule has 2 fully saturated rings. The highest BCUT2D eigenvalue weighted by molar-refractivity contribution is 6.32. The van der Waals surface area contributed by atoms with Gasteiger partial charge >= 0.3 is 0 Å². The zero-order valence-electron chi connectivity index (χ0n) is 15.4. The minimum absolute atomic E-state index is 0.00587. The summed E-state index contributed by atoms with van der Waals surface area (Å²) in [7, 11) is 0. The van der Waals surface area contributed by atoms with E-state index in [2.05, 4.69) is 29.2 Å². The van der Waals surface area contributed by atoms with Crippen LogP contribution >= 0.6 is 11.6 Å². The zero-order valence-corrected chi connectivity index (χ0v) is 16.2. The first kappa shape index (κ1) is 18.3. The van der Waals surface area contributed by atoms with Gasteiger partial charge in [0.2, 0.25) is 0 Å². The fourth-order valence-electron chi connectivity index (χ4n) is 4.67. The van der Waals surface area contributed by atoms with Crippen molar-refractivity contribution in [2.75, 3.05) is 11.4 Å². The molecular formula is C22H25ClN2O2. The van der Waals surface area contributed by atoms with Gasteiger partial charge in [0, 0.05) is 18.3 Å².